The maximum atomic E-state index is 11.7. The molecule has 2 rings (SSSR count). The zero-order chi connectivity index (χ0) is 13.8. The summed E-state index contributed by atoms with van der Waals surface area (Å²) in [6.45, 7) is 4.83. The molecule has 8 nitrogen and oxygen atoms in total. The molecule has 1 fully saturated rings. The molecule has 4 N–H and O–H groups in total. The van der Waals surface area contributed by atoms with Gasteiger partial charge in [0.25, 0.3) is 5.56 Å². The molecule has 0 unspecified atom stereocenters. The molecule has 0 aliphatic carbocycles. The number of H-pyrrole nitrogens is 1. The van der Waals surface area contributed by atoms with Crippen molar-refractivity contribution in [3.05, 3.63) is 16.2 Å². The number of nitrogens with zero attached hydrogens (tertiary/aromatic N) is 2. The smallest absolute Gasteiger partial charge is 0.374 e. The molecule has 0 aromatic carbocycles. The van der Waals surface area contributed by atoms with Crippen molar-refractivity contribution < 1.29 is 9.53 Å². The number of nitrogens with one attached hydrogen (secondary N) is 2. The number of esters is 1. The highest BCUT2D eigenvalue weighted by molar-refractivity contribution is 5.86. The lowest BCUT2D eigenvalue weighted by molar-refractivity contribution is 0.0511. The number of aromatic amines is 1. The molecule has 0 spiro atoms. The van der Waals surface area contributed by atoms with Crippen molar-refractivity contribution in [2.24, 2.45) is 0 Å². The van der Waals surface area contributed by atoms with E-state index in [0.29, 0.717) is 18.9 Å². The highest BCUT2D eigenvalue weighted by atomic mass is 16.5. The molecule has 0 saturated carbocycles. The number of hydrogen-bond donors (Lipinski definition) is 3. The lowest BCUT2D eigenvalue weighted by atomic mass is 10.3. The number of nitrogen functional groups attached to an aromatic ring is 1. The quantitative estimate of drug-likeness (QED) is 0.598. The molecule has 8 heteroatoms. The molecular formula is C11H17N5O3. The van der Waals surface area contributed by atoms with Crippen LogP contribution in [0.4, 0.5) is 11.5 Å². The first-order chi connectivity index (χ1) is 9.13. The molecule has 1 aliphatic rings. The monoisotopic (exact) mass is 267 g/mol. The molecule has 0 amide bonds. The van der Waals surface area contributed by atoms with Crippen LogP contribution < -0.4 is 21.5 Å². The van der Waals surface area contributed by atoms with Crippen LogP contribution in [0.15, 0.2) is 4.79 Å². The number of rotatable bonds is 3. The Hall–Kier alpha value is -2.09. The van der Waals surface area contributed by atoms with Crippen LogP contribution in [0, 0.1) is 0 Å². The van der Waals surface area contributed by atoms with Gasteiger partial charge in [-0.1, -0.05) is 0 Å². The summed E-state index contributed by atoms with van der Waals surface area (Å²) in [5.41, 5.74) is 5.24. The summed E-state index contributed by atoms with van der Waals surface area (Å²) in [4.78, 5) is 31.7. The Morgan fingerprint density at radius 1 is 1.47 bits per heavy atom. The van der Waals surface area contributed by atoms with E-state index < -0.39 is 11.5 Å². The highest BCUT2D eigenvalue weighted by Gasteiger charge is 2.20. The average Bonchev–Trinajstić information content (AvgIpc) is 2.43. The van der Waals surface area contributed by atoms with Gasteiger partial charge in [0.15, 0.2) is 5.82 Å². The molecule has 1 aliphatic heterocycles. The van der Waals surface area contributed by atoms with Gasteiger partial charge < -0.3 is 20.7 Å². The van der Waals surface area contributed by atoms with Crippen LogP contribution in [0.25, 0.3) is 0 Å². The molecular weight excluding hydrogens is 250 g/mol. The number of carbonyl (C=O) groups excluding carboxylic acids is 1. The Kier molecular flexibility index (Phi) is 4.00. The van der Waals surface area contributed by atoms with E-state index in [0.717, 1.165) is 13.1 Å². The number of ether oxygens (including phenoxy) is 1. The molecule has 2 heterocycles. The van der Waals surface area contributed by atoms with Gasteiger partial charge >= 0.3 is 5.97 Å². The van der Waals surface area contributed by atoms with E-state index in [1.54, 1.807) is 6.92 Å². The largest absolute Gasteiger partial charge is 0.460 e. The second-order valence-corrected chi connectivity index (χ2v) is 4.11. The number of piperazine rings is 1. The second kappa shape index (κ2) is 5.70. The fraction of sp³-hybridized carbons (Fsp3) is 0.545. The molecule has 104 valence electrons. The number of hydrogen-bond acceptors (Lipinski definition) is 7. The van der Waals surface area contributed by atoms with E-state index in [9.17, 15) is 9.59 Å². The summed E-state index contributed by atoms with van der Waals surface area (Å²) in [7, 11) is 0. The first-order valence-corrected chi connectivity index (χ1v) is 6.16. The molecule has 0 radical (unpaired) electrons. The van der Waals surface area contributed by atoms with Crippen LogP contribution in [-0.4, -0.2) is 48.7 Å². The van der Waals surface area contributed by atoms with Gasteiger partial charge in [0.1, 0.15) is 5.69 Å². The number of aromatic nitrogens is 2. The Bertz CT molecular complexity index is 522. The Morgan fingerprint density at radius 3 is 2.79 bits per heavy atom. The Morgan fingerprint density at radius 2 is 2.16 bits per heavy atom. The van der Waals surface area contributed by atoms with E-state index in [1.807, 2.05) is 4.90 Å². The van der Waals surface area contributed by atoms with Gasteiger partial charge in [-0.25, -0.2) is 9.78 Å². The Labute approximate surface area is 110 Å². The summed E-state index contributed by atoms with van der Waals surface area (Å²) >= 11 is 0. The summed E-state index contributed by atoms with van der Waals surface area (Å²) < 4.78 is 4.82. The maximum Gasteiger partial charge on any atom is 0.374 e. The maximum absolute atomic E-state index is 11.7. The van der Waals surface area contributed by atoms with Gasteiger partial charge in [0.2, 0.25) is 5.82 Å². The first-order valence-electron chi connectivity index (χ1n) is 6.16. The zero-order valence-corrected chi connectivity index (χ0v) is 10.7. The van der Waals surface area contributed by atoms with E-state index in [4.69, 9.17) is 10.5 Å². The van der Waals surface area contributed by atoms with Crippen LogP contribution in [0.3, 0.4) is 0 Å². The van der Waals surface area contributed by atoms with Crippen molar-refractivity contribution in [1.82, 2.24) is 15.3 Å². The third-order valence-corrected chi connectivity index (χ3v) is 2.82. The summed E-state index contributed by atoms with van der Waals surface area (Å²) in [5, 5.41) is 3.19. The minimum Gasteiger partial charge on any atom is -0.460 e. The standard InChI is InChI=1S/C11H17N5O3/c1-2-19-11(18)8-14-9(7(12)10(17)15-8)16-5-3-13-4-6-16/h13H,2-6,12H2,1H3,(H,14,15,17). The molecule has 1 aromatic heterocycles. The van der Waals surface area contributed by atoms with Crippen molar-refractivity contribution in [2.45, 2.75) is 6.92 Å². The fourth-order valence-electron chi connectivity index (χ4n) is 1.88. The van der Waals surface area contributed by atoms with Gasteiger partial charge in [0.05, 0.1) is 6.61 Å². The summed E-state index contributed by atoms with van der Waals surface area (Å²) in [6.07, 6.45) is 0. The van der Waals surface area contributed by atoms with Crippen LogP contribution >= 0.6 is 0 Å². The summed E-state index contributed by atoms with van der Waals surface area (Å²) in [5.74, 6) is -0.432. The molecule has 0 atom stereocenters. The van der Waals surface area contributed by atoms with Crippen molar-refractivity contribution in [3.63, 3.8) is 0 Å². The Balaban J connectivity index is 2.36. The first kappa shape index (κ1) is 13.3. The van der Waals surface area contributed by atoms with Gasteiger partial charge in [-0.15, -0.1) is 0 Å². The van der Waals surface area contributed by atoms with E-state index in [1.165, 1.54) is 0 Å². The van der Waals surface area contributed by atoms with Crippen molar-refractivity contribution >= 4 is 17.5 Å². The van der Waals surface area contributed by atoms with Gasteiger partial charge in [-0.05, 0) is 6.92 Å². The van der Waals surface area contributed by atoms with E-state index in [-0.39, 0.29) is 18.1 Å². The minimum absolute atomic E-state index is 0.0231. The SMILES string of the molecule is CCOC(=O)c1nc(N2CCNCC2)c(N)c(=O)[nH]1. The molecule has 1 aromatic rings. The third kappa shape index (κ3) is 2.84. The lowest BCUT2D eigenvalue weighted by Gasteiger charge is -2.29. The number of carbonyl (C=O) groups is 1. The fourth-order valence-corrected chi connectivity index (χ4v) is 1.88. The topological polar surface area (TPSA) is 113 Å². The van der Waals surface area contributed by atoms with E-state index in [2.05, 4.69) is 15.3 Å². The lowest BCUT2D eigenvalue weighted by Crippen LogP contribution is -2.45. The third-order valence-electron chi connectivity index (χ3n) is 2.82. The van der Waals surface area contributed by atoms with Gasteiger partial charge in [-0.2, -0.15) is 0 Å². The van der Waals surface area contributed by atoms with Crippen LogP contribution in [0.2, 0.25) is 0 Å². The molecule has 19 heavy (non-hydrogen) atoms. The van der Waals surface area contributed by atoms with E-state index >= 15 is 0 Å². The van der Waals surface area contributed by atoms with Crippen molar-refractivity contribution in [2.75, 3.05) is 43.4 Å². The van der Waals surface area contributed by atoms with Crippen LogP contribution in [-0.2, 0) is 4.74 Å². The number of nitrogens with two attached hydrogens (primary N) is 1. The molecule has 1 saturated heterocycles. The van der Waals surface area contributed by atoms with Gasteiger partial charge in [0, 0.05) is 26.2 Å². The summed E-state index contributed by atoms with van der Waals surface area (Å²) in [6, 6.07) is 0. The average molecular weight is 267 g/mol. The zero-order valence-electron chi connectivity index (χ0n) is 10.7. The minimum atomic E-state index is -0.656. The van der Waals surface area contributed by atoms with Crippen LogP contribution in [0.1, 0.15) is 17.5 Å². The van der Waals surface area contributed by atoms with Gasteiger partial charge in [-0.3, -0.25) is 9.78 Å². The number of anilines is 2. The van der Waals surface area contributed by atoms with Crippen molar-refractivity contribution in [3.8, 4) is 0 Å². The van der Waals surface area contributed by atoms with Crippen LogP contribution in [0.5, 0.6) is 0 Å². The predicted molar refractivity (Wildman–Crippen MR) is 70.3 cm³/mol. The van der Waals surface area contributed by atoms with Crippen molar-refractivity contribution in [1.29, 1.82) is 0 Å². The normalized spacial score (nSPS) is 15.3. The molecule has 0 bridgehead atoms. The second-order valence-electron chi connectivity index (χ2n) is 4.11. The predicted octanol–water partition coefficient (Wildman–Crippen LogP) is -1.06. The highest BCUT2D eigenvalue weighted by Crippen LogP contribution is 2.16.